The third kappa shape index (κ3) is 2.01. The van der Waals surface area contributed by atoms with E-state index < -0.39 is 5.38 Å². The van der Waals surface area contributed by atoms with E-state index in [-0.39, 0.29) is 5.78 Å². The summed E-state index contributed by atoms with van der Waals surface area (Å²) in [7, 11) is 0. The highest BCUT2D eigenvalue weighted by molar-refractivity contribution is 6.34. The molecule has 1 aromatic carbocycles. The Bertz CT molecular complexity index is 416. The standard InChI is InChI=1S/C14H19ClO/c1-7-8(2)10(4)13(11(5)9(7)3)14(16)12(6)15/h12H,1-6H3. The van der Waals surface area contributed by atoms with Gasteiger partial charge in [-0.2, -0.15) is 0 Å². The summed E-state index contributed by atoms with van der Waals surface area (Å²) < 4.78 is 0. The average Bonchev–Trinajstić information content (AvgIpc) is 2.23. The molecule has 0 spiro atoms. The molecule has 1 aromatic rings. The van der Waals surface area contributed by atoms with Crippen LogP contribution in [0.4, 0.5) is 0 Å². The van der Waals surface area contributed by atoms with Gasteiger partial charge in [-0.1, -0.05) is 0 Å². The van der Waals surface area contributed by atoms with Gasteiger partial charge in [-0.05, 0) is 69.4 Å². The summed E-state index contributed by atoms with van der Waals surface area (Å²) >= 11 is 5.90. The Kier molecular flexibility index (Phi) is 3.80. The lowest BCUT2D eigenvalue weighted by atomic mass is 9.87. The Morgan fingerprint density at radius 2 is 1.19 bits per heavy atom. The predicted molar refractivity (Wildman–Crippen MR) is 69.8 cm³/mol. The SMILES string of the molecule is Cc1c(C)c(C)c(C(=O)C(C)Cl)c(C)c1C. The number of alkyl halides is 1. The maximum atomic E-state index is 12.1. The van der Waals surface area contributed by atoms with Crippen molar-refractivity contribution >= 4 is 17.4 Å². The number of ketones is 1. The van der Waals surface area contributed by atoms with Crippen LogP contribution in [-0.2, 0) is 0 Å². The molecule has 2 heteroatoms. The van der Waals surface area contributed by atoms with Crippen LogP contribution in [0.15, 0.2) is 0 Å². The molecule has 0 saturated carbocycles. The van der Waals surface area contributed by atoms with Crippen LogP contribution in [0.2, 0.25) is 0 Å². The van der Waals surface area contributed by atoms with Gasteiger partial charge >= 0.3 is 0 Å². The molecule has 0 bridgehead atoms. The van der Waals surface area contributed by atoms with Crippen molar-refractivity contribution in [2.45, 2.75) is 46.9 Å². The van der Waals surface area contributed by atoms with E-state index in [2.05, 4.69) is 20.8 Å². The van der Waals surface area contributed by atoms with Crippen molar-refractivity contribution in [2.24, 2.45) is 0 Å². The van der Waals surface area contributed by atoms with Crippen molar-refractivity contribution in [3.8, 4) is 0 Å². The van der Waals surface area contributed by atoms with E-state index >= 15 is 0 Å². The van der Waals surface area contributed by atoms with Gasteiger partial charge in [-0.15, -0.1) is 11.6 Å². The summed E-state index contributed by atoms with van der Waals surface area (Å²) in [4.78, 5) is 12.1. The lowest BCUT2D eigenvalue weighted by Gasteiger charge is -2.18. The van der Waals surface area contributed by atoms with Gasteiger partial charge in [0.15, 0.2) is 5.78 Å². The second-order valence-corrected chi connectivity index (χ2v) is 5.13. The minimum absolute atomic E-state index is 0.0304. The molecule has 0 aliphatic carbocycles. The van der Waals surface area contributed by atoms with E-state index in [0.717, 1.165) is 16.7 Å². The van der Waals surface area contributed by atoms with E-state index in [0.29, 0.717) is 0 Å². The molecular formula is C14H19ClO. The van der Waals surface area contributed by atoms with Crippen molar-refractivity contribution < 1.29 is 4.79 Å². The summed E-state index contributed by atoms with van der Waals surface area (Å²) in [5.74, 6) is 0.0304. The Morgan fingerprint density at radius 1 is 0.875 bits per heavy atom. The van der Waals surface area contributed by atoms with E-state index in [1.807, 2.05) is 13.8 Å². The van der Waals surface area contributed by atoms with Gasteiger partial charge < -0.3 is 0 Å². The molecule has 1 unspecified atom stereocenters. The number of carbonyl (C=O) groups is 1. The predicted octanol–water partition coefficient (Wildman–Crippen LogP) is 4.04. The van der Waals surface area contributed by atoms with E-state index in [1.54, 1.807) is 6.92 Å². The molecule has 1 nitrogen and oxygen atoms in total. The second kappa shape index (κ2) is 4.58. The molecule has 1 atom stereocenters. The summed E-state index contributed by atoms with van der Waals surface area (Å²) in [6, 6.07) is 0. The zero-order chi connectivity index (χ0) is 12.6. The molecule has 0 fully saturated rings. The number of halogens is 1. The number of hydrogen-bond donors (Lipinski definition) is 0. The Morgan fingerprint density at radius 3 is 1.50 bits per heavy atom. The molecule has 1 rings (SSSR count). The molecule has 0 N–H and O–H groups in total. The number of rotatable bonds is 2. The first kappa shape index (κ1) is 13.2. The summed E-state index contributed by atoms with van der Waals surface area (Å²) in [5.41, 5.74) is 6.61. The van der Waals surface area contributed by atoms with E-state index in [1.165, 1.54) is 16.7 Å². The van der Waals surface area contributed by atoms with Crippen LogP contribution in [0.5, 0.6) is 0 Å². The normalized spacial score (nSPS) is 12.7. The first-order valence-electron chi connectivity index (χ1n) is 5.54. The van der Waals surface area contributed by atoms with Crippen LogP contribution in [0, 0.1) is 34.6 Å². The number of carbonyl (C=O) groups excluding carboxylic acids is 1. The van der Waals surface area contributed by atoms with Gasteiger partial charge in [-0.25, -0.2) is 0 Å². The van der Waals surface area contributed by atoms with Crippen LogP contribution < -0.4 is 0 Å². The fourth-order valence-corrected chi connectivity index (χ4v) is 2.18. The molecule has 0 aliphatic heterocycles. The van der Waals surface area contributed by atoms with E-state index in [4.69, 9.17) is 11.6 Å². The topological polar surface area (TPSA) is 17.1 Å². The quantitative estimate of drug-likeness (QED) is 0.562. The maximum absolute atomic E-state index is 12.1. The van der Waals surface area contributed by atoms with Crippen LogP contribution in [-0.4, -0.2) is 11.2 Å². The van der Waals surface area contributed by atoms with Crippen molar-refractivity contribution in [3.63, 3.8) is 0 Å². The summed E-state index contributed by atoms with van der Waals surface area (Å²) in [5, 5.41) is -0.459. The Hall–Kier alpha value is -0.820. The van der Waals surface area contributed by atoms with Crippen LogP contribution in [0.3, 0.4) is 0 Å². The highest BCUT2D eigenvalue weighted by Crippen LogP contribution is 2.27. The number of benzene rings is 1. The van der Waals surface area contributed by atoms with Crippen LogP contribution >= 0.6 is 11.6 Å². The third-order valence-corrected chi connectivity index (χ3v) is 3.81. The molecule has 0 amide bonds. The number of hydrogen-bond acceptors (Lipinski definition) is 1. The second-order valence-electron chi connectivity index (χ2n) is 4.48. The monoisotopic (exact) mass is 238 g/mol. The first-order chi connectivity index (χ1) is 7.29. The first-order valence-corrected chi connectivity index (χ1v) is 5.97. The van der Waals surface area contributed by atoms with Gasteiger partial charge in [0.05, 0.1) is 5.38 Å². The van der Waals surface area contributed by atoms with Crippen LogP contribution in [0.1, 0.15) is 45.1 Å². The summed E-state index contributed by atoms with van der Waals surface area (Å²) in [6.07, 6.45) is 0. The molecule has 0 aliphatic rings. The van der Waals surface area contributed by atoms with Crippen molar-refractivity contribution in [1.82, 2.24) is 0 Å². The van der Waals surface area contributed by atoms with Gasteiger partial charge in [0.2, 0.25) is 0 Å². The lowest BCUT2D eigenvalue weighted by molar-refractivity contribution is 0.0990. The molecule has 0 heterocycles. The van der Waals surface area contributed by atoms with Crippen molar-refractivity contribution in [2.75, 3.05) is 0 Å². The van der Waals surface area contributed by atoms with Gasteiger partial charge in [0.1, 0.15) is 0 Å². The zero-order valence-electron chi connectivity index (χ0n) is 10.9. The fourth-order valence-electron chi connectivity index (χ4n) is 2.07. The molecular weight excluding hydrogens is 220 g/mol. The lowest BCUT2D eigenvalue weighted by Crippen LogP contribution is -2.16. The summed E-state index contributed by atoms with van der Waals surface area (Å²) in [6.45, 7) is 12.0. The molecule has 16 heavy (non-hydrogen) atoms. The minimum Gasteiger partial charge on any atom is -0.293 e. The largest absolute Gasteiger partial charge is 0.293 e. The van der Waals surface area contributed by atoms with Crippen molar-refractivity contribution in [1.29, 1.82) is 0 Å². The minimum atomic E-state index is -0.459. The van der Waals surface area contributed by atoms with E-state index in [9.17, 15) is 4.79 Å². The highest BCUT2D eigenvalue weighted by Gasteiger charge is 2.20. The van der Waals surface area contributed by atoms with Gasteiger partial charge in [0.25, 0.3) is 0 Å². The Balaban J connectivity index is 3.58. The highest BCUT2D eigenvalue weighted by atomic mass is 35.5. The van der Waals surface area contributed by atoms with Gasteiger partial charge in [0, 0.05) is 5.56 Å². The zero-order valence-corrected chi connectivity index (χ0v) is 11.6. The molecule has 0 saturated heterocycles. The molecule has 88 valence electrons. The maximum Gasteiger partial charge on any atom is 0.180 e. The molecule has 0 aromatic heterocycles. The third-order valence-electron chi connectivity index (χ3n) is 3.61. The van der Waals surface area contributed by atoms with Crippen molar-refractivity contribution in [3.05, 3.63) is 33.4 Å². The Labute approximate surface area is 103 Å². The fraction of sp³-hybridized carbons (Fsp3) is 0.500. The van der Waals surface area contributed by atoms with Gasteiger partial charge in [-0.3, -0.25) is 4.79 Å². The van der Waals surface area contributed by atoms with Crippen LogP contribution in [0.25, 0.3) is 0 Å². The number of Topliss-reactive ketones (excluding diaryl/α,β-unsaturated/α-hetero) is 1. The average molecular weight is 239 g/mol. The molecule has 0 radical (unpaired) electrons. The smallest absolute Gasteiger partial charge is 0.180 e.